The van der Waals surface area contributed by atoms with Gasteiger partial charge in [-0.15, -0.1) is 11.3 Å². The largest absolute Gasteiger partial charge is 0.326 e. The molecule has 1 aromatic carbocycles. The van der Waals surface area contributed by atoms with Crippen LogP contribution in [0.2, 0.25) is 0 Å². The number of carbonyl (C=O) groups excluding carboxylic acids is 1. The van der Waals surface area contributed by atoms with Gasteiger partial charge in [0.05, 0.1) is 17.1 Å². The van der Waals surface area contributed by atoms with Crippen LogP contribution in [0.15, 0.2) is 23.6 Å². The Balaban J connectivity index is 2.01. The third-order valence-electron chi connectivity index (χ3n) is 2.91. The highest BCUT2D eigenvalue weighted by Crippen LogP contribution is 2.20. The number of hydrogen-bond donors (Lipinski definition) is 1. The van der Waals surface area contributed by atoms with Gasteiger partial charge in [0.15, 0.2) is 0 Å². The van der Waals surface area contributed by atoms with Crippen molar-refractivity contribution in [3.05, 3.63) is 45.4 Å². The minimum Gasteiger partial charge on any atom is -0.326 e. The van der Waals surface area contributed by atoms with Crippen LogP contribution in [0.25, 0.3) is 0 Å². The topological polar surface area (TPSA) is 42.0 Å². The summed E-state index contributed by atoms with van der Waals surface area (Å²) in [4.78, 5) is 16.5. The molecule has 1 amide bonds. The minimum absolute atomic E-state index is 0.0180. The Labute approximate surface area is 124 Å². The molecule has 0 spiro atoms. The zero-order valence-corrected chi connectivity index (χ0v) is 13.2. The van der Waals surface area contributed by atoms with Gasteiger partial charge in [-0.05, 0) is 37.1 Å². The van der Waals surface area contributed by atoms with E-state index in [9.17, 15) is 4.79 Å². The molecule has 0 fully saturated rings. The first-order chi connectivity index (χ1) is 9.44. The van der Waals surface area contributed by atoms with E-state index in [1.54, 1.807) is 11.3 Å². The number of rotatable bonds is 4. The van der Waals surface area contributed by atoms with Crippen LogP contribution < -0.4 is 5.32 Å². The molecule has 0 aliphatic rings. The lowest BCUT2D eigenvalue weighted by Gasteiger charge is -2.06. The average molecular weight is 288 g/mol. The van der Waals surface area contributed by atoms with Crippen LogP contribution in [0.1, 0.15) is 41.6 Å². The number of nitrogens with zero attached hydrogens (tertiary/aromatic N) is 1. The SMILES string of the molecule is Cc1cc(C)cc(NC(=O)Cc2csc(C(C)C)n2)c1. The molecule has 0 aliphatic carbocycles. The second-order valence-electron chi connectivity index (χ2n) is 5.43. The van der Waals surface area contributed by atoms with Crippen LogP contribution >= 0.6 is 11.3 Å². The van der Waals surface area contributed by atoms with E-state index in [-0.39, 0.29) is 5.91 Å². The fourth-order valence-electron chi connectivity index (χ4n) is 2.09. The monoisotopic (exact) mass is 288 g/mol. The molecule has 1 aromatic heterocycles. The van der Waals surface area contributed by atoms with Crippen molar-refractivity contribution in [2.24, 2.45) is 0 Å². The van der Waals surface area contributed by atoms with Crippen molar-refractivity contribution in [1.82, 2.24) is 4.98 Å². The average Bonchev–Trinajstić information content (AvgIpc) is 2.75. The molecule has 1 N–H and O–H groups in total. The van der Waals surface area contributed by atoms with Crippen LogP contribution in [-0.2, 0) is 11.2 Å². The molecule has 2 rings (SSSR count). The summed E-state index contributed by atoms with van der Waals surface area (Å²) in [6, 6.07) is 6.04. The second kappa shape index (κ2) is 6.18. The fraction of sp³-hybridized carbons (Fsp3) is 0.375. The van der Waals surface area contributed by atoms with E-state index in [1.807, 2.05) is 31.4 Å². The lowest BCUT2D eigenvalue weighted by Crippen LogP contribution is -2.14. The molecule has 0 bridgehead atoms. The lowest BCUT2D eigenvalue weighted by molar-refractivity contribution is -0.115. The van der Waals surface area contributed by atoms with Crippen molar-refractivity contribution >= 4 is 22.9 Å². The Kier molecular flexibility index (Phi) is 4.55. The first-order valence-corrected chi connectivity index (χ1v) is 7.64. The van der Waals surface area contributed by atoms with E-state index in [1.165, 1.54) is 0 Å². The number of aromatic nitrogens is 1. The van der Waals surface area contributed by atoms with Gasteiger partial charge in [-0.3, -0.25) is 4.79 Å². The van der Waals surface area contributed by atoms with Crippen LogP contribution in [-0.4, -0.2) is 10.9 Å². The summed E-state index contributed by atoms with van der Waals surface area (Å²) in [6.45, 7) is 8.27. The third-order valence-corrected chi connectivity index (χ3v) is 4.10. The summed E-state index contributed by atoms with van der Waals surface area (Å²) in [6.07, 6.45) is 0.330. The summed E-state index contributed by atoms with van der Waals surface area (Å²) in [5.74, 6) is 0.395. The highest BCUT2D eigenvalue weighted by atomic mass is 32.1. The summed E-state index contributed by atoms with van der Waals surface area (Å²) in [7, 11) is 0. The minimum atomic E-state index is -0.0180. The number of carbonyl (C=O) groups is 1. The van der Waals surface area contributed by atoms with Gasteiger partial charge in [0, 0.05) is 17.0 Å². The second-order valence-corrected chi connectivity index (χ2v) is 6.32. The highest BCUT2D eigenvalue weighted by molar-refractivity contribution is 7.09. The molecule has 0 saturated carbocycles. The standard InChI is InChI=1S/C16H20N2OS/c1-10(2)16-18-14(9-20-16)8-15(19)17-13-6-11(3)5-12(4)7-13/h5-7,9-10H,8H2,1-4H3,(H,17,19). The van der Waals surface area contributed by atoms with Crippen molar-refractivity contribution in [3.8, 4) is 0 Å². The first-order valence-electron chi connectivity index (χ1n) is 6.76. The van der Waals surface area contributed by atoms with Crippen molar-refractivity contribution < 1.29 is 4.79 Å². The van der Waals surface area contributed by atoms with E-state index >= 15 is 0 Å². The Morgan fingerprint density at radius 3 is 2.45 bits per heavy atom. The Morgan fingerprint density at radius 1 is 1.25 bits per heavy atom. The zero-order valence-electron chi connectivity index (χ0n) is 12.4. The van der Waals surface area contributed by atoms with Crippen molar-refractivity contribution in [3.63, 3.8) is 0 Å². The van der Waals surface area contributed by atoms with E-state index in [0.717, 1.165) is 27.5 Å². The maximum absolute atomic E-state index is 12.0. The van der Waals surface area contributed by atoms with Crippen LogP contribution in [0, 0.1) is 13.8 Å². The molecule has 0 aliphatic heterocycles. The van der Waals surface area contributed by atoms with Gasteiger partial charge < -0.3 is 5.32 Å². The maximum Gasteiger partial charge on any atom is 0.230 e. The molecule has 1 heterocycles. The van der Waals surface area contributed by atoms with E-state index in [2.05, 4.69) is 30.2 Å². The molecule has 2 aromatic rings. The number of thiazole rings is 1. The summed E-state index contributed by atoms with van der Waals surface area (Å²) >= 11 is 1.62. The maximum atomic E-state index is 12.0. The van der Waals surface area contributed by atoms with Crippen molar-refractivity contribution in [2.75, 3.05) is 5.32 Å². The molecular weight excluding hydrogens is 268 g/mol. The van der Waals surface area contributed by atoms with Gasteiger partial charge in [0.25, 0.3) is 0 Å². The molecule has 0 radical (unpaired) electrons. The summed E-state index contributed by atoms with van der Waals surface area (Å²) < 4.78 is 0. The van der Waals surface area contributed by atoms with Gasteiger partial charge in [-0.1, -0.05) is 19.9 Å². The number of aryl methyl sites for hydroxylation is 2. The first kappa shape index (κ1) is 14.7. The van der Waals surface area contributed by atoms with Crippen LogP contribution in [0.5, 0.6) is 0 Å². The zero-order chi connectivity index (χ0) is 14.7. The third kappa shape index (κ3) is 3.90. The summed E-state index contributed by atoms with van der Waals surface area (Å²) in [5, 5.41) is 5.99. The molecule has 20 heavy (non-hydrogen) atoms. The number of anilines is 1. The number of hydrogen-bond acceptors (Lipinski definition) is 3. The molecule has 0 saturated heterocycles. The number of nitrogens with one attached hydrogen (secondary N) is 1. The quantitative estimate of drug-likeness (QED) is 0.921. The van der Waals surface area contributed by atoms with Crippen LogP contribution in [0.4, 0.5) is 5.69 Å². The van der Waals surface area contributed by atoms with Gasteiger partial charge in [-0.25, -0.2) is 4.98 Å². The highest BCUT2D eigenvalue weighted by Gasteiger charge is 2.10. The van der Waals surface area contributed by atoms with E-state index in [0.29, 0.717) is 12.3 Å². The fourth-order valence-corrected chi connectivity index (χ4v) is 2.92. The Bertz CT molecular complexity index is 596. The molecule has 106 valence electrons. The molecule has 4 heteroatoms. The lowest BCUT2D eigenvalue weighted by atomic mass is 10.1. The van der Waals surface area contributed by atoms with Crippen molar-refractivity contribution in [2.45, 2.75) is 40.0 Å². The molecular formula is C16H20N2OS. The Hall–Kier alpha value is -1.68. The molecule has 3 nitrogen and oxygen atoms in total. The Morgan fingerprint density at radius 2 is 1.90 bits per heavy atom. The molecule has 0 unspecified atom stereocenters. The smallest absolute Gasteiger partial charge is 0.230 e. The predicted octanol–water partition coefficient (Wildman–Crippen LogP) is 4.06. The van der Waals surface area contributed by atoms with Gasteiger partial charge in [-0.2, -0.15) is 0 Å². The van der Waals surface area contributed by atoms with E-state index in [4.69, 9.17) is 0 Å². The predicted molar refractivity (Wildman–Crippen MR) is 84.5 cm³/mol. The van der Waals surface area contributed by atoms with Crippen molar-refractivity contribution in [1.29, 1.82) is 0 Å². The molecule has 0 atom stereocenters. The van der Waals surface area contributed by atoms with Gasteiger partial charge in [0.2, 0.25) is 5.91 Å². The van der Waals surface area contributed by atoms with Gasteiger partial charge in [0.1, 0.15) is 0 Å². The normalized spacial score (nSPS) is 10.8. The van der Waals surface area contributed by atoms with Gasteiger partial charge >= 0.3 is 0 Å². The number of amides is 1. The number of benzene rings is 1. The van der Waals surface area contributed by atoms with Crippen LogP contribution in [0.3, 0.4) is 0 Å². The summed E-state index contributed by atoms with van der Waals surface area (Å²) in [5.41, 5.74) is 4.00. The van der Waals surface area contributed by atoms with E-state index < -0.39 is 0 Å².